The van der Waals surface area contributed by atoms with Crippen LogP contribution in [0.1, 0.15) is 13.3 Å². The molecule has 1 saturated heterocycles. The van der Waals surface area contributed by atoms with Gasteiger partial charge in [-0.05, 0) is 47.4 Å². The molecule has 1 aliphatic rings. The summed E-state index contributed by atoms with van der Waals surface area (Å²) in [4.78, 5) is 16.2. The summed E-state index contributed by atoms with van der Waals surface area (Å²) in [6.07, 6.45) is 2.46. The number of hydrogen-bond acceptors (Lipinski definition) is 3. The Morgan fingerprint density at radius 3 is 3.17 bits per heavy atom. The number of rotatable bonds is 2. The van der Waals surface area contributed by atoms with Crippen LogP contribution >= 0.6 is 27.5 Å². The molecule has 2 N–H and O–H groups in total. The number of amides is 1. The maximum absolute atomic E-state index is 12.2. The number of nitrogens with zero attached hydrogens (tertiary/aromatic N) is 1. The van der Waals surface area contributed by atoms with Gasteiger partial charge >= 0.3 is 0 Å². The van der Waals surface area contributed by atoms with Gasteiger partial charge in [0.1, 0.15) is 0 Å². The predicted octanol–water partition coefficient (Wildman–Crippen LogP) is 2.68. The third kappa shape index (κ3) is 3.22. The number of halogens is 2. The van der Waals surface area contributed by atoms with Gasteiger partial charge in [-0.1, -0.05) is 18.5 Å². The molecule has 2 heterocycles. The van der Waals surface area contributed by atoms with E-state index in [4.69, 9.17) is 11.6 Å². The molecule has 0 aliphatic carbocycles. The van der Waals surface area contributed by atoms with Gasteiger partial charge in [-0.25, -0.2) is 4.98 Å². The lowest BCUT2D eigenvalue weighted by molar-refractivity contribution is -0.122. The van der Waals surface area contributed by atoms with Crippen molar-refractivity contribution in [2.75, 3.05) is 18.4 Å². The van der Waals surface area contributed by atoms with E-state index in [-0.39, 0.29) is 11.8 Å². The first kappa shape index (κ1) is 13.8. The first-order valence-corrected chi connectivity index (χ1v) is 7.07. The summed E-state index contributed by atoms with van der Waals surface area (Å²) in [5.41, 5.74) is 0.557. The molecule has 1 aliphatic heterocycles. The third-order valence-corrected chi connectivity index (χ3v) is 3.92. The standard InChI is InChI=1S/C12H15BrClN3O/c1-7-5-15-3-2-9(7)12(18)17-10-4-8(13)6-16-11(10)14/h4,6-7,9,15H,2-3,5H2,1H3,(H,17,18). The molecule has 1 aromatic heterocycles. The number of anilines is 1. The number of pyridine rings is 1. The van der Waals surface area contributed by atoms with Crippen LogP contribution in [0.5, 0.6) is 0 Å². The summed E-state index contributed by atoms with van der Waals surface area (Å²) in [5.74, 6) is 0.379. The Morgan fingerprint density at radius 2 is 2.44 bits per heavy atom. The second kappa shape index (κ2) is 5.99. The number of piperidine rings is 1. The van der Waals surface area contributed by atoms with Crippen LogP contribution in [-0.4, -0.2) is 24.0 Å². The number of nitrogens with one attached hydrogen (secondary N) is 2. The normalized spacial score (nSPS) is 23.7. The molecule has 2 atom stereocenters. The van der Waals surface area contributed by atoms with E-state index >= 15 is 0 Å². The molecule has 0 aromatic carbocycles. The highest BCUT2D eigenvalue weighted by atomic mass is 79.9. The molecule has 2 unspecified atom stereocenters. The molecule has 4 nitrogen and oxygen atoms in total. The highest BCUT2D eigenvalue weighted by Gasteiger charge is 2.28. The van der Waals surface area contributed by atoms with E-state index in [1.54, 1.807) is 12.3 Å². The van der Waals surface area contributed by atoms with E-state index in [1.807, 2.05) is 0 Å². The second-order valence-electron chi connectivity index (χ2n) is 4.56. The molecule has 1 fully saturated rings. The minimum Gasteiger partial charge on any atom is -0.323 e. The molecular weight excluding hydrogens is 318 g/mol. The fourth-order valence-electron chi connectivity index (χ4n) is 2.14. The lowest BCUT2D eigenvalue weighted by Gasteiger charge is -2.28. The molecule has 1 aromatic rings. The van der Waals surface area contributed by atoms with Gasteiger partial charge < -0.3 is 10.6 Å². The largest absolute Gasteiger partial charge is 0.323 e. The average molecular weight is 333 g/mol. The van der Waals surface area contributed by atoms with Crippen molar-refractivity contribution in [2.45, 2.75) is 13.3 Å². The molecule has 2 rings (SSSR count). The van der Waals surface area contributed by atoms with Crippen LogP contribution in [0.2, 0.25) is 5.15 Å². The molecule has 0 bridgehead atoms. The SMILES string of the molecule is CC1CNCCC1C(=O)Nc1cc(Br)cnc1Cl. The summed E-state index contributed by atoms with van der Waals surface area (Å²) >= 11 is 9.27. The molecule has 98 valence electrons. The van der Waals surface area contributed by atoms with Crippen LogP contribution in [0.4, 0.5) is 5.69 Å². The van der Waals surface area contributed by atoms with Crippen molar-refractivity contribution >= 4 is 39.1 Å². The van der Waals surface area contributed by atoms with E-state index < -0.39 is 0 Å². The molecule has 0 radical (unpaired) electrons. The summed E-state index contributed by atoms with van der Waals surface area (Å²) in [6.45, 7) is 3.84. The minimum absolute atomic E-state index is 0.0193. The Hall–Kier alpha value is -0.650. The van der Waals surface area contributed by atoms with Crippen molar-refractivity contribution in [3.63, 3.8) is 0 Å². The zero-order chi connectivity index (χ0) is 13.1. The van der Waals surface area contributed by atoms with Gasteiger partial charge in [0.25, 0.3) is 0 Å². The van der Waals surface area contributed by atoms with Crippen LogP contribution in [0.3, 0.4) is 0 Å². The van der Waals surface area contributed by atoms with Crippen LogP contribution in [0.25, 0.3) is 0 Å². The van der Waals surface area contributed by atoms with Crippen molar-refractivity contribution in [1.82, 2.24) is 10.3 Å². The van der Waals surface area contributed by atoms with Gasteiger partial charge in [-0.15, -0.1) is 0 Å². The minimum atomic E-state index is 0.0193. The lowest BCUT2D eigenvalue weighted by atomic mass is 9.87. The number of carbonyl (C=O) groups excluding carboxylic acids is 1. The Labute approximate surface area is 120 Å². The lowest BCUT2D eigenvalue weighted by Crippen LogP contribution is -2.40. The molecule has 1 amide bonds. The third-order valence-electron chi connectivity index (χ3n) is 3.19. The average Bonchev–Trinajstić information content (AvgIpc) is 2.34. The van der Waals surface area contributed by atoms with Gasteiger partial charge in [0, 0.05) is 16.6 Å². The highest BCUT2D eigenvalue weighted by Crippen LogP contribution is 2.26. The van der Waals surface area contributed by atoms with Crippen molar-refractivity contribution in [3.8, 4) is 0 Å². The maximum atomic E-state index is 12.2. The van der Waals surface area contributed by atoms with Crippen LogP contribution in [0, 0.1) is 11.8 Å². The quantitative estimate of drug-likeness (QED) is 0.819. The molecule has 6 heteroatoms. The monoisotopic (exact) mass is 331 g/mol. The van der Waals surface area contributed by atoms with E-state index in [9.17, 15) is 4.79 Å². The molecule has 18 heavy (non-hydrogen) atoms. The van der Waals surface area contributed by atoms with Crippen LogP contribution in [0.15, 0.2) is 16.7 Å². The number of aromatic nitrogens is 1. The number of carbonyl (C=O) groups is 1. The second-order valence-corrected chi connectivity index (χ2v) is 5.83. The highest BCUT2D eigenvalue weighted by molar-refractivity contribution is 9.10. The molecule has 0 saturated carbocycles. The Bertz CT molecular complexity index is 455. The summed E-state index contributed by atoms with van der Waals surface area (Å²) in [6, 6.07) is 1.76. The van der Waals surface area contributed by atoms with Crippen molar-refractivity contribution in [1.29, 1.82) is 0 Å². The topological polar surface area (TPSA) is 54.0 Å². The summed E-state index contributed by atoms with van der Waals surface area (Å²) in [5, 5.41) is 6.45. The van der Waals surface area contributed by atoms with E-state index in [0.29, 0.717) is 16.8 Å². The van der Waals surface area contributed by atoms with Gasteiger partial charge in [0.15, 0.2) is 5.15 Å². The zero-order valence-corrected chi connectivity index (χ0v) is 12.4. The van der Waals surface area contributed by atoms with E-state index in [0.717, 1.165) is 24.0 Å². The molecular formula is C12H15BrClN3O. The fourth-order valence-corrected chi connectivity index (χ4v) is 2.62. The van der Waals surface area contributed by atoms with Crippen molar-refractivity contribution in [2.24, 2.45) is 11.8 Å². The van der Waals surface area contributed by atoms with Crippen molar-refractivity contribution in [3.05, 3.63) is 21.9 Å². The summed E-state index contributed by atoms with van der Waals surface area (Å²) < 4.78 is 0.792. The van der Waals surface area contributed by atoms with Crippen LogP contribution in [-0.2, 0) is 4.79 Å². The van der Waals surface area contributed by atoms with E-state index in [2.05, 4.69) is 38.5 Å². The zero-order valence-electron chi connectivity index (χ0n) is 10.0. The van der Waals surface area contributed by atoms with E-state index in [1.165, 1.54) is 0 Å². The van der Waals surface area contributed by atoms with Gasteiger partial charge in [-0.3, -0.25) is 4.79 Å². The van der Waals surface area contributed by atoms with Gasteiger partial charge in [-0.2, -0.15) is 0 Å². The van der Waals surface area contributed by atoms with Crippen molar-refractivity contribution < 1.29 is 4.79 Å². The first-order valence-electron chi connectivity index (χ1n) is 5.90. The van der Waals surface area contributed by atoms with Crippen LogP contribution < -0.4 is 10.6 Å². The van der Waals surface area contributed by atoms with Gasteiger partial charge in [0.2, 0.25) is 5.91 Å². The Morgan fingerprint density at radius 1 is 1.67 bits per heavy atom. The smallest absolute Gasteiger partial charge is 0.227 e. The maximum Gasteiger partial charge on any atom is 0.227 e. The summed E-state index contributed by atoms with van der Waals surface area (Å²) in [7, 11) is 0. The van der Waals surface area contributed by atoms with Gasteiger partial charge in [0.05, 0.1) is 5.69 Å². The Kier molecular flexibility index (Phi) is 4.59. The fraction of sp³-hybridized carbons (Fsp3) is 0.500. The number of hydrogen-bond donors (Lipinski definition) is 2. The molecule has 0 spiro atoms. The Balaban J connectivity index is 2.08. The first-order chi connectivity index (χ1) is 8.58. The predicted molar refractivity (Wildman–Crippen MR) is 75.7 cm³/mol.